The maximum Gasteiger partial charge on any atom is 0.246 e. The summed E-state index contributed by atoms with van der Waals surface area (Å²) in [5, 5.41) is 20.9. The van der Waals surface area contributed by atoms with Gasteiger partial charge in [-0.1, -0.05) is 25.0 Å². The highest BCUT2D eigenvalue weighted by Gasteiger charge is 2.35. The van der Waals surface area contributed by atoms with E-state index in [1.165, 1.54) is 6.33 Å². The minimum absolute atomic E-state index is 0.108. The molecule has 1 aliphatic carbocycles. The molecule has 0 bridgehead atoms. The maximum atomic E-state index is 12.5. The first kappa shape index (κ1) is 19.0. The summed E-state index contributed by atoms with van der Waals surface area (Å²) in [6.45, 7) is 0.108. The van der Waals surface area contributed by atoms with Gasteiger partial charge >= 0.3 is 0 Å². The highest BCUT2D eigenvalue weighted by molar-refractivity contribution is 5.90. The van der Waals surface area contributed by atoms with E-state index in [1.54, 1.807) is 15.4 Å². The maximum absolute atomic E-state index is 12.5. The third kappa shape index (κ3) is 3.66. The molecule has 1 saturated carbocycles. The number of carbonyl (C=O) groups excluding carboxylic acids is 1. The number of nitrogens with zero attached hydrogens (tertiary/aromatic N) is 6. The van der Waals surface area contributed by atoms with Crippen molar-refractivity contribution in [1.29, 1.82) is 5.26 Å². The zero-order valence-electron chi connectivity index (χ0n) is 16.9. The Morgan fingerprint density at radius 1 is 1.13 bits per heavy atom. The zero-order valence-corrected chi connectivity index (χ0v) is 16.9. The van der Waals surface area contributed by atoms with Gasteiger partial charge < -0.3 is 5.32 Å². The SMILES string of the molecule is N#CC1(c2ccc(NC(=O)Cn3cc(-c4ccn5ncnc5c4)cn3)cc2)CCCC1. The number of amides is 1. The third-order valence-corrected chi connectivity index (χ3v) is 5.95. The molecule has 0 saturated heterocycles. The Bertz CT molecular complexity index is 1270. The number of pyridine rings is 1. The Kier molecular flexibility index (Phi) is 4.71. The topological polar surface area (TPSA) is 101 Å². The van der Waals surface area contributed by atoms with E-state index in [0.29, 0.717) is 5.69 Å². The number of nitriles is 1. The van der Waals surface area contributed by atoms with Crippen LogP contribution in [-0.4, -0.2) is 30.3 Å². The van der Waals surface area contributed by atoms with Gasteiger partial charge in [-0.2, -0.15) is 15.5 Å². The molecule has 0 atom stereocenters. The molecule has 31 heavy (non-hydrogen) atoms. The average molecular weight is 411 g/mol. The van der Waals surface area contributed by atoms with Crippen molar-refractivity contribution in [3.8, 4) is 17.2 Å². The molecule has 0 aliphatic heterocycles. The van der Waals surface area contributed by atoms with Crippen LogP contribution in [0.15, 0.2) is 61.3 Å². The van der Waals surface area contributed by atoms with Crippen LogP contribution in [0.4, 0.5) is 5.69 Å². The van der Waals surface area contributed by atoms with Crippen LogP contribution in [-0.2, 0) is 16.8 Å². The summed E-state index contributed by atoms with van der Waals surface area (Å²) < 4.78 is 3.30. The van der Waals surface area contributed by atoms with Crippen LogP contribution in [0.25, 0.3) is 16.8 Å². The molecule has 1 aliphatic rings. The van der Waals surface area contributed by atoms with Gasteiger partial charge in [-0.3, -0.25) is 9.48 Å². The van der Waals surface area contributed by atoms with Gasteiger partial charge in [0, 0.05) is 23.6 Å². The van der Waals surface area contributed by atoms with E-state index in [0.717, 1.165) is 48.0 Å². The van der Waals surface area contributed by atoms with Crippen LogP contribution in [0.3, 0.4) is 0 Å². The molecule has 1 amide bonds. The van der Waals surface area contributed by atoms with Crippen molar-refractivity contribution in [1.82, 2.24) is 24.4 Å². The monoisotopic (exact) mass is 411 g/mol. The van der Waals surface area contributed by atoms with Gasteiger partial charge in [0.25, 0.3) is 0 Å². The van der Waals surface area contributed by atoms with Crippen molar-refractivity contribution in [3.05, 3.63) is 66.9 Å². The van der Waals surface area contributed by atoms with Crippen molar-refractivity contribution in [2.24, 2.45) is 0 Å². The second-order valence-corrected chi connectivity index (χ2v) is 7.93. The first-order chi connectivity index (χ1) is 15.1. The Labute approximate surface area is 179 Å². The number of anilines is 1. The molecule has 5 rings (SSSR count). The minimum Gasteiger partial charge on any atom is -0.324 e. The molecule has 1 N–H and O–H groups in total. The molecule has 3 heterocycles. The Morgan fingerprint density at radius 2 is 1.94 bits per heavy atom. The molecule has 8 nitrogen and oxygen atoms in total. The van der Waals surface area contributed by atoms with Crippen LogP contribution in [0, 0.1) is 11.3 Å². The van der Waals surface area contributed by atoms with Crippen molar-refractivity contribution in [3.63, 3.8) is 0 Å². The van der Waals surface area contributed by atoms with Gasteiger partial charge in [0.2, 0.25) is 5.91 Å². The second kappa shape index (κ2) is 7.69. The number of fused-ring (bicyclic) bond motifs is 1. The molecule has 0 radical (unpaired) electrons. The molecule has 0 unspecified atom stereocenters. The van der Waals surface area contributed by atoms with E-state index in [4.69, 9.17) is 0 Å². The normalized spacial score (nSPS) is 15.1. The third-order valence-electron chi connectivity index (χ3n) is 5.95. The summed E-state index contributed by atoms with van der Waals surface area (Å²) in [5.41, 5.74) is 3.99. The first-order valence-electron chi connectivity index (χ1n) is 10.3. The van der Waals surface area contributed by atoms with Gasteiger partial charge in [-0.15, -0.1) is 0 Å². The first-order valence-corrected chi connectivity index (χ1v) is 10.3. The highest BCUT2D eigenvalue weighted by atomic mass is 16.2. The van der Waals surface area contributed by atoms with E-state index in [9.17, 15) is 10.1 Å². The van der Waals surface area contributed by atoms with Crippen LogP contribution in [0.2, 0.25) is 0 Å². The van der Waals surface area contributed by atoms with E-state index in [2.05, 4.69) is 26.6 Å². The summed E-state index contributed by atoms with van der Waals surface area (Å²) in [6, 6.07) is 14.0. The lowest BCUT2D eigenvalue weighted by Crippen LogP contribution is -2.20. The lowest BCUT2D eigenvalue weighted by Gasteiger charge is -2.20. The van der Waals surface area contributed by atoms with Crippen molar-refractivity contribution in [2.45, 2.75) is 37.6 Å². The average Bonchev–Trinajstić information content (AvgIpc) is 3.54. The fourth-order valence-corrected chi connectivity index (χ4v) is 4.26. The Hall–Kier alpha value is -3.99. The number of benzene rings is 1. The number of hydrogen-bond acceptors (Lipinski definition) is 5. The Balaban J connectivity index is 1.24. The van der Waals surface area contributed by atoms with Crippen molar-refractivity contribution < 1.29 is 4.79 Å². The lowest BCUT2D eigenvalue weighted by atomic mass is 9.80. The van der Waals surface area contributed by atoms with Crippen molar-refractivity contribution >= 4 is 17.2 Å². The molecule has 0 spiro atoms. The standard InChI is InChI=1S/C23H21N7O/c24-15-23(8-1-2-9-23)19-3-5-20(6-4-19)28-22(31)14-29-13-18(12-26-29)17-7-10-30-21(11-17)25-16-27-30/h3-7,10-13,16H,1-2,8-9,14H2,(H,28,31). The van der Waals surface area contributed by atoms with E-state index in [1.807, 2.05) is 48.8 Å². The number of hydrogen-bond donors (Lipinski definition) is 1. The zero-order chi connectivity index (χ0) is 21.3. The predicted octanol–water partition coefficient (Wildman–Crippen LogP) is 3.57. The van der Waals surface area contributed by atoms with Gasteiger partial charge in [-0.05, 0) is 48.2 Å². The number of carbonyl (C=O) groups is 1. The van der Waals surface area contributed by atoms with Crippen molar-refractivity contribution in [2.75, 3.05) is 5.32 Å². The van der Waals surface area contributed by atoms with E-state index in [-0.39, 0.29) is 17.9 Å². The van der Waals surface area contributed by atoms with Crippen LogP contribution < -0.4 is 5.32 Å². The largest absolute Gasteiger partial charge is 0.324 e. The number of rotatable bonds is 5. The summed E-state index contributed by atoms with van der Waals surface area (Å²) >= 11 is 0. The molecular weight excluding hydrogens is 390 g/mol. The fourth-order valence-electron chi connectivity index (χ4n) is 4.26. The molecule has 154 valence electrons. The van der Waals surface area contributed by atoms with Crippen LogP contribution in [0.5, 0.6) is 0 Å². The molecular formula is C23H21N7O. The highest BCUT2D eigenvalue weighted by Crippen LogP contribution is 2.40. The van der Waals surface area contributed by atoms with E-state index >= 15 is 0 Å². The smallest absolute Gasteiger partial charge is 0.246 e. The quantitative estimate of drug-likeness (QED) is 0.541. The Morgan fingerprint density at radius 3 is 2.71 bits per heavy atom. The van der Waals surface area contributed by atoms with Crippen LogP contribution in [0.1, 0.15) is 31.2 Å². The van der Waals surface area contributed by atoms with Gasteiger partial charge in [0.05, 0.1) is 17.7 Å². The molecule has 4 aromatic rings. The predicted molar refractivity (Wildman–Crippen MR) is 115 cm³/mol. The molecule has 1 aromatic carbocycles. The lowest BCUT2D eigenvalue weighted by molar-refractivity contribution is -0.116. The summed E-state index contributed by atoms with van der Waals surface area (Å²) in [6.07, 6.45) is 10.9. The molecule has 3 aromatic heterocycles. The fraction of sp³-hybridized carbons (Fsp3) is 0.261. The van der Waals surface area contributed by atoms with Gasteiger partial charge in [0.1, 0.15) is 12.9 Å². The van der Waals surface area contributed by atoms with Gasteiger partial charge in [0.15, 0.2) is 5.65 Å². The summed E-state index contributed by atoms with van der Waals surface area (Å²) in [4.78, 5) is 16.7. The minimum atomic E-state index is -0.372. The van der Waals surface area contributed by atoms with E-state index < -0.39 is 0 Å². The second-order valence-electron chi connectivity index (χ2n) is 7.93. The number of aromatic nitrogens is 5. The summed E-state index contributed by atoms with van der Waals surface area (Å²) in [5.74, 6) is -0.161. The molecule has 1 fully saturated rings. The summed E-state index contributed by atoms with van der Waals surface area (Å²) in [7, 11) is 0. The van der Waals surface area contributed by atoms with Gasteiger partial charge in [-0.25, -0.2) is 9.50 Å². The molecule has 8 heteroatoms. The van der Waals surface area contributed by atoms with Crippen LogP contribution >= 0.6 is 0 Å². The number of nitrogens with one attached hydrogen (secondary N) is 1.